The second-order valence-corrected chi connectivity index (χ2v) is 11.2. The molecule has 5 N–H and O–H groups in total. The van der Waals surface area contributed by atoms with Gasteiger partial charge in [-0.3, -0.25) is 25.7 Å². The number of aldehydes is 1. The molecule has 218 valence electrons. The summed E-state index contributed by atoms with van der Waals surface area (Å²) in [6.45, 7) is 2.11. The Morgan fingerprint density at radius 1 is 1.27 bits per heavy atom. The molecule has 1 heterocycles. The molecule has 1 aromatic carbocycles. The second-order valence-electron chi connectivity index (χ2n) is 10.1. The highest BCUT2D eigenvalue weighted by Gasteiger charge is 2.45. The van der Waals surface area contributed by atoms with Gasteiger partial charge in [-0.1, -0.05) is 23.9 Å². The van der Waals surface area contributed by atoms with Gasteiger partial charge in [-0.15, -0.1) is 0 Å². The Hall–Kier alpha value is -3.35. The van der Waals surface area contributed by atoms with Gasteiger partial charge in [0.15, 0.2) is 11.4 Å². The minimum atomic E-state index is -0.885. The number of nitrogens with one attached hydrogen (secondary N) is 4. The van der Waals surface area contributed by atoms with Gasteiger partial charge in [-0.2, -0.15) is 0 Å². The van der Waals surface area contributed by atoms with Gasteiger partial charge < -0.3 is 24.7 Å². The normalized spacial score (nSPS) is 18.1. The number of aromatic nitrogens is 1. The van der Waals surface area contributed by atoms with E-state index in [1.807, 2.05) is 26.0 Å². The smallest absolute Gasteiger partial charge is 0.275 e. The molecule has 2 unspecified atom stereocenters. The van der Waals surface area contributed by atoms with Crippen molar-refractivity contribution in [2.24, 2.45) is 5.92 Å². The van der Waals surface area contributed by atoms with E-state index in [9.17, 15) is 23.9 Å². The number of aromatic hydroxyl groups is 1. The standard InChI is InChI=1S/C25H30FN5O4S.C3H9N/c1-3-31(25(29-2)10-8-16(13-25)9-11-32)24(35)20-22(34)21(33)18(14-30-20)23(28)36-19(27)12-15-4-6-17(26)7-5-15;1-4(2)3/h4-7,11,14,16,27-29,34H,3,8-10,12-13H2,1-2H3,(H,30,33);1-3H3. The van der Waals surface area contributed by atoms with E-state index in [2.05, 4.69) is 10.3 Å². The quantitative estimate of drug-likeness (QED) is 0.133. The third-order valence-electron chi connectivity index (χ3n) is 6.58. The molecule has 0 spiro atoms. The maximum Gasteiger partial charge on any atom is 0.275 e. The number of benzene rings is 1. The number of carbonyl (C=O) groups is 2. The molecule has 1 aromatic heterocycles. The minimum absolute atomic E-state index is 0.0601. The first kappa shape index (κ1) is 32.9. The van der Waals surface area contributed by atoms with Crippen LogP contribution >= 0.6 is 11.8 Å². The van der Waals surface area contributed by atoms with Crippen molar-refractivity contribution in [1.29, 1.82) is 10.8 Å². The zero-order chi connectivity index (χ0) is 30.0. The highest BCUT2D eigenvalue weighted by atomic mass is 32.2. The van der Waals surface area contributed by atoms with Crippen LogP contribution in [0.25, 0.3) is 0 Å². The second kappa shape index (κ2) is 14.9. The Morgan fingerprint density at radius 3 is 2.45 bits per heavy atom. The zero-order valence-corrected chi connectivity index (χ0v) is 24.5. The van der Waals surface area contributed by atoms with Crippen molar-refractivity contribution in [2.75, 3.05) is 34.7 Å². The Balaban J connectivity index is 0.00000131. The number of rotatable bonds is 9. The molecule has 40 heavy (non-hydrogen) atoms. The molecule has 1 aliphatic carbocycles. The fourth-order valence-corrected chi connectivity index (χ4v) is 5.44. The molecule has 12 heteroatoms. The monoisotopic (exact) mass is 574 g/mol. The summed E-state index contributed by atoms with van der Waals surface area (Å²) >= 11 is 0.736. The summed E-state index contributed by atoms with van der Waals surface area (Å²) in [5, 5.41) is 30.0. The van der Waals surface area contributed by atoms with Crippen molar-refractivity contribution in [1.82, 2.24) is 20.1 Å². The lowest BCUT2D eigenvalue weighted by atomic mass is 10.0. The largest absolute Gasteiger partial charge is 0.503 e. The number of thioether (sulfide) groups is 1. The minimum Gasteiger partial charge on any atom is -0.503 e. The van der Waals surface area contributed by atoms with Crippen LogP contribution in [0.15, 0.2) is 35.3 Å². The van der Waals surface area contributed by atoms with Crippen LogP contribution in [0.2, 0.25) is 0 Å². The zero-order valence-electron chi connectivity index (χ0n) is 23.6. The van der Waals surface area contributed by atoms with Crippen molar-refractivity contribution in [3.63, 3.8) is 0 Å². The van der Waals surface area contributed by atoms with Gasteiger partial charge in [0, 0.05) is 25.6 Å². The fourth-order valence-electron chi connectivity index (χ4n) is 4.70. The number of H-pyrrole nitrogens is 1. The maximum atomic E-state index is 13.4. The van der Waals surface area contributed by atoms with Crippen LogP contribution in [0.3, 0.4) is 0 Å². The Morgan fingerprint density at radius 2 is 1.90 bits per heavy atom. The van der Waals surface area contributed by atoms with E-state index >= 15 is 0 Å². The summed E-state index contributed by atoms with van der Waals surface area (Å²) in [4.78, 5) is 43.5. The number of aromatic amines is 1. The highest BCUT2D eigenvalue weighted by Crippen LogP contribution is 2.39. The van der Waals surface area contributed by atoms with Gasteiger partial charge >= 0.3 is 0 Å². The molecular weight excluding hydrogens is 535 g/mol. The maximum absolute atomic E-state index is 13.4. The molecule has 0 radical (unpaired) electrons. The summed E-state index contributed by atoms with van der Waals surface area (Å²) in [5.74, 6) is -1.61. The Labute approximate surface area is 238 Å². The summed E-state index contributed by atoms with van der Waals surface area (Å²) < 4.78 is 13.1. The van der Waals surface area contributed by atoms with Crippen molar-refractivity contribution < 1.29 is 19.1 Å². The van der Waals surface area contributed by atoms with Crippen LogP contribution in [-0.2, 0) is 11.2 Å². The van der Waals surface area contributed by atoms with Gasteiger partial charge in [0.25, 0.3) is 5.91 Å². The van der Waals surface area contributed by atoms with Crippen LogP contribution < -0.4 is 10.7 Å². The van der Waals surface area contributed by atoms with Crippen LogP contribution in [0.5, 0.6) is 5.75 Å². The van der Waals surface area contributed by atoms with E-state index in [1.165, 1.54) is 30.5 Å². The van der Waals surface area contributed by atoms with Crippen molar-refractivity contribution in [3.8, 4) is 5.75 Å². The van der Waals surface area contributed by atoms with Gasteiger partial charge in [-0.25, -0.2) is 4.39 Å². The first-order chi connectivity index (χ1) is 18.9. The van der Waals surface area contributed by atoms with Crippen molar-refractivity contribution in [2.45, 2.75) is 44.7 Å². The van der Waals surface area contributed by atoms with E-state index in [0.29, 0.717) is 31.4 Å². The lowest BCUT2D eigenvalue weighted by molar-refractivity contribution is -0.108. The van der Waals surface area contributed by atoms with Crippen LogP contribution in [0, 0.1) is 22.6 Å². The van der Waals surface area contributed by atoms with E-state index < -0.39 is 28.6 Å². The third kappa shape index (κ3) is 8.33. The van der Waals surface area contributed by atoms with Gasteiger partial charge in [0.1, 0.15) is 17.1 Å². The predicted molar refractivity (Wildman–Crippen MR) is 157 cm³/mol. The van der Waals surface area contributed by atoms with Crippen LogP contribution in [0.1, 0.15) is 54.2 Å². The molecule has 3 rings (SSSR count). The summed E-state index contributed by atoms with van der Waals surface area (Å²) in [6.07, 6.45) is 4.59. The SMILES string of the molecule is CCN(C(=O)c1[nH]cc(C(=N)SC(=N)Cc2ccc(F)cc2)c(=O)c1O)C1(NC)CCC(CC=O)C1.CN(C)C. The summed E-state index contributed by atoms with van der Waals surface area (Å²) in [5.41, 5.74) is -1.36. The third-order valence-corrected chi connectivity index (χ3v) is 7.40. The van der Waals surface area contributed by atoms with Gasteiger partial charge in [-0.05, 0) is 78.0 Å². The molecule has 1 amide bonds. The van der Waals surface area contributed by atoms with Crippen LogP contribution in [0.4, 0.5) is 4.39 Å². The molecular formula is C28H39FN6O4S. The van der Waals surface area contributed by atoms with Crippen LogP contribution in [-0.4, -0.2) is 82.6 Å². The molecule has 1 saturated carbocycles. The van der Waals surface area contributed by atoms with E-state index in [0.717, 1.165) is 24.5 Å². The average Bonchev–Trinajstić information content (AvgIpc) is 3.31. The molecule has 0 saturated heterocycles. The topological polar surface area (TPSA) is 153 Å². The first-order valence-electron chi connectivity index (χ1n) is 13.0. The molecule has 10 nitrogen and oxygen atoms in total. The molecule has 1 aliphatic rings. The van der Waals surface area contributed by atoms with E-state index in [1.54, 1.807) is 18.9 Å². The Bertz CT molecular complexity index is 1260. The number of pyridine rings is 1. The Kier molecular flexibility index (Phi) is 12.2. The number of hydrogen-bond acceptors (Lipinski definition) is 9. The number of amides is 1. The summed E-state index contributed by atoms with van der Waals surface area (Å²) in [7, 11) is 7.74. The highest BCUT2D eigenvalue weighted by molar-refractivity contribution is 8.26. The molecule has 2 atom stereocenters. The summed E-state index contributed by atoms with van der Waals surface area (Å²) in [6, 6.07) is 5.64. The number of hydrogen-bond donors (Lipinski definition) is 5. The number of carbonyl (C=O) groups excluding carboxylic acids is 2. The van der Waals surface area contributed by atoms with Gasteiger partial charge in [0.05, 0.1) is 16.3 Å². The van der Waals surface area contributed by atoms with E-state index in [-0.39, 0.29) is 33.7 Å². The lowest BCUT2D eigenvalue weighted by Gasteiger charge is -2.41. The average molecular weight is 575 g/mol. The number of halogens is 1. The van der Waals surface area contributed by atoms with E-state index in [4.69, 9.17) is 10.8 Å². The fraction of sp³-hybridized carbons (Fsp3) is 0.464. The lowest BCUT2D eigenvalue weighted by Crippen LogP contribution is -2.58. The van der Waals surface area contributed by atoms with Crippen molar-refractivity contribution in [3.05, 3.63) is 63.3 Å². The molecule has 2 aromatic rings. The molecule has 0 aliphatic heterocycles. The molecule has 0 bridgehead atoms. The van der Waals surface area contributed by atoms with Gasteiger partial charge in [0.2, 0.25) is 5.43 Å². The van der Waals surface area contributed by atoms with Crippen molar-refractivity contribution >= 4 is 34.0 Å². The first-order valence-corrected chi connectivity index (χ1v) is 13.8. The number of nitrogens with zero attached hydrogens (tertiary/aromatic N) is 2. The molecule has 1 fully saturated rings. The predicted octanol–water partition coefficient (Wildman–Crippen LogP) is 3.44.